The van der Waals surface area contributed by atoms with Crippen LogP contribution in [-0.2, 0) is 4.79 Å². The van der Waals surface area contributed by atoms with Crippen molar-refractivity contribution in [3.63, 3.8) is 0 Å². The van der Waals surface area contributed by atoms with Gasteiger partial charge in [-0.05, 0) is 36.4 Å². The van der Waals surface area contributed by atoms with Crippen LogP contribution in [0.2, 0.25) is 10.0 Å². The Morgan fingerprint density at radius 1 is 0.897 bits per heavy atom. The van der Waals surface area contributed by atoms with Gasteiger partial charge in [-0.25, -0.2) is 9.97 Å². The summed E-state index contributed by atoms with van der Waals surface area (Å²) in [4.78, 5) is 21.8. The molecule has 1 aromatic heterocycles. The number of aromatic nitrogens is 2. The predicted octanol–water partition coefficient (Wildman–Crippen LogP) is 6.33. The molecule has 0 bridgehead atoms. The summed E-state index contributed by atoms with van der Waals surface area (Å²) in [6, 6.07) is 22.3. The van der Waals surface area contributed by atoms with Crippen LogP contribution >= 0.6 is 35.0 Å². The van der Waals surface area contributed by atoms with Gasteiger partial charge in [0.05, 0.1) is 11.3 Å². The molecule has 0 aliphatic carbocycles. The summed E-state index contributed by atoms with van der Waals surface area (Å²) in [6.07, 6.45) is 0. The van der Waals surface area contributed by atoms with E-state index < -0.39 is 0 Å². The van der Waals surface area contributed by atoms with Gasteiger partial charge in [-0.3, -0.25) is 4.79 Å². The number of carbonyl (C=O) groups excluding carboxylic acids is 1. The number of carbonyl (C=O) groups is 1. The molecule has 1 amide bonds. The molecule has 0 saturated heterocycles. The third kappa shape index (κ3) is 4.88. The van der Waals surface area contributed by atoms with Gasteiger partial charge in [-0.2, -0.15) is 0 Å². The fourth-order valence-electron chi connectivity index (χ4n) is 2.80. The molecular formula is C22H15Cl2N3OS. The second-order valence-corrected chi connectivity index (χ2v) is 8.06. The van der Waals surface area contributed by atoms with Crippen molar-refractivity contribution in [3.8, 4) is 11.4 Å². The largest absolute Gasteiger partial charge is 0.325 e. The number of halogens is 2. The predicted molar refractivity (Wildman–Crippen MR) is 121 cm³/mol. The molecule has 0 aliphatic rings. The first-order chi connectivity index (χ1) is 14.1. The molecular weight excluding hydrogens is 425 g/mol. The summed E-state index contributed by atoms with van der Waals surface area (Å²) >= 11 is 13.5. The second-order valence-electron chi connectivity index (χ2n) is 6.23. The van der Waals surface area contributed by atoms with Gasteiger partial charge in [0, 0.05) is 26.7 Å². The Labute approximate surface area is 182 Å². The van der Waals surface area contributed by atoms with Crippen LogP contribution in [0.15, 0.2) is 77.8 Å². The molecule has 0 atom stereocenters. The number of nitrogens with one attached hydrogen (secondary N) is 1. The molecule has 29 heavy (non-hydrogen) atoms. The molecule has 4 rings (SSSR count). The molecule has 1 N–H and O–H groups in total. The summed E-state index contributed by atoms with van der Waals surface area (Å²) in [7, 11) is 0. The van der Waals surface area contributed by atoms with Crippen LogP contribution in [-0.4, -0.2) is 21.6 Å². The Balaban J connectivity index is 1.61. The van der Waals surface area contributed by atoms with Crippen molar-refractivity contribution in [1.82, 2.24) is 9.97 Å². The lowest BCUT2D eigenvalue weighted by Gasteiger charge is -2.10. The fourth-order valence-corrected chi connectivity index (χ4v) is 3.97. The first-order valence-electron chi connectivity index (χ1n) is 8.79. The summed E-state index contributed by atoms with van der Waals surface area (Å²) in [6.45, 7) is 0. The molecule has 1 heterocycles. The van der Waals surface area contributed by atoms with E-state index in [0.717, 1.165) is 16.5 Å². The number of amides is 1. The minimum absolute atomic E-state index is 0.146. The number of hydrogen-bond acceptors (Lipinski definition) is 4. The number of fused-ring (bicyclic) bond motifs is 1. The highest BCUT2D eigenvalue weighted by Crippen LogP contribution is 2.30. The Morgan fingerprint density at radius 3 is 2.48 bits per heavy atom. The van der Waals surface area contributed by atoms with Gasteiger partial charge < -0.3 is 5.32 Å². The summed E-state index contributed by atoms with van der Waals surface area (Å²) in [5, 5.41) is 5.53. The third-order valence-corrected chi connectivity index (χ3v) is 5.56. The molecule has 0 unspecified atom stereocenters. The summed E-state index contributed by atoms with van der Waals surface area (Å²) < 4.78 is 0. The molecule has 4 aromatic rings. The zero-order valence-corrected chi connectivity index (χ0v) is 17.4. The van der Waals surface area contributed by atoms with E-state index in [1.54, 1.807) is 30.3 Å². The SMILES string of the molecule is O=C(CSc1nc(-c2ccccc2)nc2ccc(Cl)cc12)Nc1cccc(Cl)c1. The molecule has 144 valence electrons. The monoisotopic (exact) mass is 439 g/mol. The first kappa shape index (κ1) is 19.7. The maximum Gasteiger partial charge on any atom is 0.234 e. The van der Waals surface area contributed by atoms with E-state index in [9.17, 15) is 4.79 Å². The van der Waals surface area contributed by atoms with E-state index in [1.165, 1.54) is 11.8 Å². The highest BCUT2D eigenvalue weighted by atomic mass is 35.5. The standard InChI is InChI=1S/C22H15Cl2N3OS/c23-15-7-4-8-17(11-15)25-20(28)13-29-22-18-12-16(24)9-10-19(18)26-21(27-22)14-5-2-1-3-6-14/h1-12H,13H2,(H,25,28). The van der Waals surface area contributed by atoms with Crippen molar-refractivity contribution < 1.29 is 4.79 Å². The van der Waals surface area contributed by atoms with E-state index in [2.05, 4.69) is 10.3 Å². The van der Waals surface area contributed by atoms with Crippen LogP contribution in [0.1, 0.15) is 0 Å². The fraction of sp³-hybridized carbons (Fsp3) is 0.0455. The van der Waals surface area contributed by atoms with E-state index in [4.69, 9.17) is 28.2 Å². The number of thioether (sulfide) groups is 1. The number of anilines is 1. The lowest BCUT2D eigenvalue weighted by molar-refractivity contribution is -0.113. The van der Waals surface area contributed by atoms with Gasteiger partial charge in [-0.15, -0.1) is 0 Å². The van der Waals surface area contributed by atoms with Crippen molar-refractivity contribution >= 4 is 57.5 Å². The first-order valence-corrected chi connectivity index (χ1v) is 10.5. The van der Waals surface area contributed by atoms with Crippen molar-refractivity contribution in [2.45, 2.75) is 5.03 Å². The lowest BCUT2D eigenvalue weighted by Crippen LogP contribution is -2.14. The molecule has 3 aromatic carbocycles. The van der Waals surface area contributed by atoms with Gasteiger partial charge in [0.1, 0.15) is 5.03 Å². The van der Waals surface area contributed by atoms with Crippen LogP contribution in [0.4, 0.5) is 5.69 Å². The van der Waals surface area contributed by atoms with Gasteiger partial charge in [0.2, 0.25) is 5.91 Å². The molecule has 0 radical (unpaired) electrons. The van der Waals surface area contributed by atoms with Gasteiger partial charge in [0.25, 0.3) is 0 Å². The van der Waals surface area contributed by atoms with E-state index in [-0.39, 0.29) is 11.7 Å². The highest BCUT2D eigenvalue weighted by molar-refractivity contribution is 8.00. The van der Waals surface area contributed by atoms with Crippen molar-refractivity contribution in [2.75, 3.05) is 11.1 Å². The molecule has 0 saturated carbocycles. The number of nitrogens with zero attached hydrogens (tertiary/aromatic N) is 2. The van der Waals surface area contributed by atoms with Gasteiger partial charge >= 0.3 is 0 Å². The maximum atomic E-state index is 12.4. The average Bonchev–Trinajstić information content (AvgIpc) is 2.72. The average molecular weight is 440 g/mol. The van der Waals surface area contributed by atoms with Gasteiger partial charge in [0.15, 0.2) is 5.82 Å². The number of hydrogen-bond donors (Lipinski definition) is 1. The number of benzene rings is 3. The third-order valence-electron chi connectivity index (χ3n) is 4.10. The zero-order valence-electron chi connectivity index (χ0n) is 15.1. The minimum Gasteiger partial charge on any atom is -0.325 e. The van der Waals surface area contributed by atoms with Crippen LogP contribution < -0.4 is 5.32 Å². The quantitative estimate of drug-likeness (QED) is 0.291. The van der Waals surface area contributed by atoms with Crippen LogP contribution in [0.5, 0.6) is 0 Å². The van der Waals surface area contributed by atoms with Crippen molar-refractivity contribution in [2.24, 2.45) is 0 Å². The Bertz CT molecular complexity index is 1190. The minimum atomic E-state index is -0.146. The lowest BCUT2D eigenvalue weighted by atomic mass is 10.2. The van der Waals surface area contributed by atoms with E-state index >= 15 is 0 Å². The molecule has 7 heteroatoms. The molecule has 4 nitrogen and oxygen atoms in total. The number of rotatable bonds is 5. The second kappa shape index (κ2) is 8.82. The Morgan fingerprint density at radius 2 is 1.69 bits per heavy atom. The van der Waals surface area contributed by atoms with Gasteiger partial charge in [-0.1, -0.05) is 71.4 Å². The van der Waals surface area contributed by atoms with E-state index in [0.29, 0.717) is 26.6 Å². The topological polar surface area (TPSA) is 54.9 Å². The van der Waals surface area contributed by atoms with E-state index in [1.807, 2.05) is 42.5 Å². The summed E-state index contributed by atoms with van der Waals surface area (Å²) in [5.41, 5.74) is 2.35. The summed E-state index contributed by atoms with van der Waals surface area (Å²) in [5.74, 6) is 0.657. The Kier molecular flexibility index (Phi) is 6.00. The van der Waals surface area contributed by atoms with Crippen molar-refractivity contribution in [3.05, 3.63) is 82.8 Å². The van der Waals surface area contributed by atoms with Crippen molar-refractivity contribution in [1.29, 1.82) is 0 Å². The molecule has 0 aliphatic heterocycles. The van der Waals surface area contributed by atoms with Crippen LogP contribution in [0.25, 0.3) is 22.3 Å². The van der Waals surface area contributed by atoms with Crippen LogP contribution in [0, 0.1) is 0 Å². The molecule has 0 fully saturated rings. The highest BCUT2D eigenvalue weighted by Gasteiger charge is 2.13. The smallest absolute Gasteiger partial charge is 0.234 e. The molecule has 0 spiro atoms. The normalized spacial score (nSPS) is 10.8. The zero-order chi connectivity index (χ0) is 20.2. The maximum absolute atomic E-state index is 12.4. The van der Waals surface area contributed by atoms with Crippen LogP contribution in [0.3, 0.4) is 0 Å². The Hall–Kier alpha value is -2.60.